The Morgan fingerprint density at radius 2 is 2.60 bits per heavy atom. The summed E-state index contributed by atoms with van der Waals surface area (Å²) in [5, 5.41) is 14.9. The van der Waals surface area contributed by atoms with E-state index in [-0.39, 0.29) is 0 Å². The Labute approximate surface area is 90.3 Å². The average Bonchev–Trinajstić information content (AvgIpc) is 2.88. The van der Waals surface area contributed by atoms with Gasteiger partial charge in [0.2, 0.25) is 0 Å². The summed E-state index contributed by atoms with van der Waals surface area (Å²) in [7, 11) is 0. The van der Waals surface area contributed by atoms with Gasteiger partial charge in [0.25, 0.3) is 0 Å². The van der Waals surface area contributed by atoms with Gasteiger partial charge in [-0.3, -0.25) is 0 Å². The van der Waals surface area contributed by atoms with Crippen LogP contribution in [0.5, 0.6) is 0 Å². The van der Waals surface area contributed by atoms with Gasteiger partial charge in [0.1, 0.15) is 12.2 Å². The predicted molar refractivity (Wildman–Crippen MR) is 58.4 cm³/mol. The lowest BCUT2D eigenvalue weighted by molar-refractivity contribution is 0.519. The largest absolute Gasteiger partial charge is 0.317 e. The topological polar surface area (TPSA) is 54.8 Å². The molecule has 1 aliphatic rings. The zero-order valence-electron chi connectivity index (χ0n) is 9.24. The third kappa shape index (κ3) is 2.76. The van der Waals surface area contributed by atoms with E-state index in [1.165, 1.54) is 12.8 Å². The normalized spacial score (nSPS) is 21.0. The molecule has 15 heavy (non-hydrogen) atoms. The van der Waals surface area contributed by atoms with Crippen LogP contribution in [0, 0.1) is 0 Å². The van der Waals surface area contributed by atoms with Gasteiger partial charge in [0.15, 0.2) is 0 Å². The summed E-state index contributed by atoms with van der Waals surface area (Å²) in [6.07, 6.45) is 4.37. The third-order valence-electron chi connectivity index (χ3n) is 2.87. The molecular weight excluding hydrogens is 190 g/mol. The lowest BCUT2D eigenvalue weighted by atomic mass is 10.2. The lowest BCUT2D eigenvalue weighted by Crippen LogP contribution is -2.34. The van der Waals surface area contributed by atoms with Gasteiger partial charge in [-0.15, -0.1) is 10.2 Å². The molecule has 1 aromatic rings. The molecule has 1 aromatic heterocycles. The van der Waals surface area contributed by atoms with Crippen LogP contribution in [0.1, 0.15) is 25.6 Å². The molecule has 5 heteroatoms. The zero-order chi connectivity index (χ0) is 10.5. The van der Waals surface area contributed by atoms with E-state index in [9.17, 15) is 0 Å². The highest BCUT2D eigenvalue weighted by Crippen LogP contribution is 2.03. The van der Waals surface area contributed by atoms with Crippen molar-refractivity contribution < 1.29 is 0 Å². The van der Waals surface area contributed by atoms with E-state index in [0.29, 0.717) is 6.04 Å². The second-order valence-corrected chi connectivity index (χ2v) is 3.96. The zero-order valence-corrected chi connectivity index (χ0v) is 9.24. The van der Waals surface area contributed by atoms with E-state index >= 15 is 0 Å². The molecular formula is C10H19N5. The Bertz CT molecular complexity index is 290. The number of rotatable bonds is 5. The second kappa shape index (κ2) is 5.23. The molecule has 1 saturated heterocycles. The van der Waals surface area contributed by atoms with Crippen LogP contribution in [0.15, 0.2) is 6.33 Å². The van der Waals surface area contributed by atoms with Crippen LogP contribution in [0.3, 0.4) is 0 Å². The Balaban J connectivity index is 1.73. The Kier molecular flexibility index (Phi) is 3.69. The molecule has 84 valence electrons. The third-order valence-corrected chi connectivity index (χ3v) is 2.87. The standard InChI is InChI=1S/C10H19N5/c1-2-15-8-13-14-10(15)7-11-6-9-4-3-5-12-9/h8-9,11-12H,2-7H2,1H3. The van der Waals surface area contributed by atoms with Crippen LogP contribution in [-0.4, -0.2) is 33.9 Å². The fourth-order valence-electron chi connectivity index (χ4n) is 1.97. The molecule has 0 spiro atoms. The molecule has 2 rings (SSSR count). The lowest BCUT2D eigenvalue weighted by Gasteiger charge is -2.11. The molecule has 5 nitrogen and oxygen atoms in total. The molecule has 2 N–H and O–H groups in total. The molecule has 0 radical (unpaired) electrons. The Morgan fingerprint density at radius 3 is 3.33 bits per heavy atom. The van der Waals surface area contributed by atoms with Crippen LogP contribution >= 0.6 is 0 Å². The Hall–Kier alpha value is -0.940. The van der Waals surface area contributed by atoms with Gasteiger partial charge in [-0.05, 0) is 26.3 Å². The number of hydrogen-bond acceptors (Lipinski definition) is 4. The fraction of sp³-hybridized carbons (Fsp3) is 0.800. The highest BCUT2D eigenvalue weighted by Gasteiger charge is 2.13. The smallest absolute Gasteiger partial charge is 0.146 e. The van der Waals surface area contributed by atoms with E-state index in [0.717, 1.165) is 32.0 Å². The first-order chi connectivity index (χ1) is 7.40. The summed E-state index contributed by atoms with van der Waals surface area (Å²) >= 11 is 0. The maximum Gasteiger partial charge on any atom is 0.146 e. The molecule has 1 atom stereocenters. The Morgan fingerprint density at radius 1 is 1.67 bits per heavy atom. The predicted octanol–water partition coefficient (Wildman–Crippen LogP) is 0.140. The minimum atomic E-state index is 0.642. The van der Waals surface area contributed by atoms with Gasteiger partial charge in [0, 0.05) is 19.1 Å². The second-order valence-electron chi connectivity index (χ2n) is 3.96. The quantitative estimate of drug-likeness (QED) is 0.724. The summed E-state index contributed by atoms with van der Waals surface area (Å²) < 4.78 is 2.06. The molecule has 2 heterocycles. The van der Waals surface area contributed by atoms with Gasteiger partial charge in [-0.25, -0.2) is 0 Å². The van der Waals surface area contributed by atoms with Gasteiger partial charge < -0.3 is 15.2 Å². The first-order valence-corrected chi connectivity index (χ1v) is 5.71. The summed E-state index contributed by atoms with van der Waals surface area (Å²) in [6, 6.07) is 0.642. The van der Waals surface area contributed by atoms with E-state index < -0.39 is 0 Å². The van der Waals surface area contributed by atoms with Gasteiger partial charge in [-0.1, -0.05) is 0 Å². The van der Waals surface area contributed by atoms with Crippen molar-refractivity contribution in [3.8, 4) is 0 Å². The van der Waals surface area contributed by atoms with Crippen LogP contribution in [0.2, 0.25) is 0 Å². The first-order valence-electron chi connectivity index (χ1n) is 5.71. The van der Waals surface area contributed by atoms with E-state index in [1.54, 1.807) is 6.33 Å². The van der Waals surface area contributed by atoms with Gasteiger partial charge in [-0.2, -0.15) is 0 Å². The highest BCUT2D eigenvalue weighted by atomic mass is 15.3. The molecule has 1 aliphatic heterocycles. The molecule has 0 saturated carbocycles. The number of aromatic nitrogens is 3. The highest BCUT2D eigenvalue weighted by molar-refractivity contribution is 4.85. The van der Waals surface area contributed by atoms with Crippen LogP contribution in [0.4, 0.5) is 0 Å². The molecule has 0 aromatic carbocycles. The fourth-order valence-corrected chi connectivity index (χ4v) is 1.97. The van der Waals surface area contributed by atoms with Crippen molar-refractivity contribution >= 4 is 0 Å². The van der Waals surface area contributed by atoms with Gasteiger partial charge in [0.05, 0.1) is 6.54 Å². The number of hydrogen-bond donors (Lipinski definition) is 2. The first kappa shape index (κ1) is 10.6. The molecule has 0 bridgehead atoms. The summed E-state index contributed by atoms with van der Waals surface area (Å²) in [6.45, 7) is 6.04. The number of nitrogens with one attached hydrogen (secondary N) is 2. The van der Waals surface area contributed by atoms with Crippen LogP contribution < -0.4 is 10.6 Å². The molecule has 1 unspecified atom stereocenters. The molecule has 0 amide bonds. The van der Waals surface area contributed by atoms with Crippen molar-refractivity contribution in [2.45, 2.75) is 38.9 Å². The molecule has 1 fully saturated rings. The van der Waals surface area contributed by atoms with Crippen molar-refractivity contribution in [2.75, 3.05) is 13.1 Å². The van der Waals surface area contributed by atoms with Crippen molar-refractivity contribution in [1.29, 1.82) is 0 Å². The van der Waals surface area contributed by atoms with Crippen molar-refractivity contribution in [2.24, 2.45) is 0 Å². The maximum atomic E-state index is 4.08. The minimum Gasteiger partial charge on any atom is -0.317 e. The van der Waals surface area contributed by atoms with Crippen molar-refractivity contribution in [3.63, 3.8) is 0 Å². The average molecular weight is 209 g/mol. The number of aryl methyl sites for hydroxylation is 1. The van der Waals surface area contributed by atoms with E-state index in [2.05, 4.69) is 32.3 Å². The van der Waals surface area contributed by atoms with Crippen LogP contribution in [-0.2, 0) is 13.1 Å². The summed E-state index contributed by atoms with van der Waals surface area (Å²) in [5.41, 5.74) is 0. The SMILES string of the molecule is CCn1cnnc1CNCC1CCCN1. The molecule has 0 aliphatic carbocycles. The van der Waals surface area contributed by atoms with E-state index in [4.69, 9.17) is 0 Å². The van der Waals surface area contributed by atoms with Crippen LogP contribution in [0.25, 0.3) is 0 Å². The number of nitrogens with zero attached hydrogens (tertiary/aromatic N) is 3. The monoisotopic (exact) mass is 209 g/mol. The van der Waals surface area contributed by atoms with Crippen molar-refractivity contribution in [1.82, 2.24) is 25.4 Å². The van der Waals surface area contributed by atoms with Crippen molar-refractivity contribution in [3.05, 3.63) is 12.2 Å². The summed E-state index contributed by atoms with van der Waals surface area (Å²) in [4.78, 5) is 0. The van der Waals surface area contributed by atoms with E-state index in [1.807, 2.05) is 0 Å². The van der Waals surface area contributed by atoms with Gasteiger partial charge >= 0.3 is 0 Å². The maximum absolute atomic E-state index is 4.08. The minimum absolute atomic E-state index is 0.642. The summed E-state index contributed by atoms with van der Waals surface area (Å²) in [5.74, 6) is 1.02.